The standard InChI is InChI=1S/C22H23N5O2/c1-3-25-19-11-7-8-12-20(19)26(22(25)29)16-21(28)24(2)14-17-13-23-27(15-17)18-9-5-4-6-10-18/h4-13,15H,3,14,16H2,1-2H3. The molecule has 0 spiro atoms. The fraction of sp³-hybridized carbons (Fsp3) is 0.227. The van der Waals surface area contributed by atoms with Crippen LogP contribution in [-0.4, -0.2) is 36.8 Å². The molecule has 148 valence electrons. The summed E-state index contributed by atoms with van der Waals surface area (Å²) < 4.78 is 5.02. The average molecular weight is 389 g/mol. The van der Waals surface area contributed by atoms with E-state index in [0.29, 0.717) is 13.1 Å². The van der Waals surface area contributed by atoms with Crippen LogP contribution in [0.5, 0.6) is 0 Å². The van der Waals surface area contributed by atoms with E-state index in [1.807, 2.05) is 67.7 Å². The topological polar surface area (TPSA) is 65.1 Å². The van der Waals surface area contributed by atoms with Gasteiger partial charge in [0.25, 0.3) is 0 Å². The van der Waals surface area contributed by atoms with Crippen molar-refractivity contribution in [1.29, 1.82) is 0 Å². The molecular formula is C22H23N5O2. The van der Waals surface area contributed by atoms with E-state index in [4.69, 9.17) is 0 Å². The predicted octanol–water partition coefficient (Wildman–Crippen LogP) is 2.67. The van der Waals surface area contributed by atoms with Gasteiger partial charge in [-0.2, -0.15) is 5.10 Å². The molecule has 0 aliphatic rings. The van der Waals surface area contributed by atoms with Crippen molar-refractivity contribution in [3.63, 3.8) is 0 Å². The quantitative estimate of drug-likeness (QED) is 0.509. The maximum atomic E-state index is 12.8. The van der Waals surface area contributed by atoms with Gasteiger partial charge in [-0.05, 0) is 31.2 Å². The van der Waals surface area contributed by atoms with Gasteiger partial charge in [-0.1, -0.05) is 30.3 Å². The van der Waals surface area contributed by atoms with Crippen LogP contribution in [0.25, 0.3) is 16.7 Å². The van der Waals surface area contributed by atoms with Crippen molar-refractivity contribution >= 4 is 16.9 Å². The Morgan fingerprint density at radius 3 is 2.34 bits per heavy atom. The maximum absolute atomic E-state index is 12.8. The SMILES string of the molecule is CCn1c(=O)n(CC(=O)N(C)Cc2cnn(-c3ccccc3)c2)c2ccccc21. The number of fused-ring (bicyclic) bond motifs is 1. The van der Waals surface area contributed by atoms with Gasteiger partial charge >= 0.3 is 5.69 Å². The summed E-state index contributed by atoms with van der Waals surface area (Å²) in [6, 6.07) is 17.4. The Kier molecular flexibility index (Phi) is 5.03. The third-order valence-electron chi connectivity index (χ3n) is 5.04. The first-order valence-electron chi connectivity index (χ1n) is 9.59. The van der Waals surface area contributed by atoms with Gasteiger partial charge < -0.3 is 4.90 Å². The molecule has 0 N–H and O–H groups in total. The molecule has 2 aromatic heterocycles. The molecule has 0 bridgehead atoms. The summed E-state index contributed by atoms with van der Waals surface area (Å²) in [6.07, 6.45) is 3.67. The van der Waals surface area contributed by atoms with Crippen molar-refractivity contribution in [1.82, 2.24) is 23.8 Å². The normalized spacial score (nSPS) is 11.1. The molecular weight excluding hydrogens is 366 g/mol. The predicted molar refractivity (Wildman–Crippen MR) is 112 cm³/mol. The highest BCUT2D eigenvalue weighted by molar-refractivity contribution is 5.80. The number of aryl methyl sites for hydroxylation is 1. The van der Waals surface area contributed by atoms with Crippen molar-refractivity contribution in [2.75, 3.05) is 7.05 Å². The van der Waals surface area contributed by atoms with Crippen molar-refractivity contribution in [3.8, 4) is 5.69 Å². The molecule has 0 aliphatic carbocycles. The van der Waals surface area contributed by atoms with Crippen molar-refractivity contribution in [3.05, 3.63) is 83.0 Å². The largest absolute Gasteiger partial charge is 0.340 e. The highest BCUT2D eigenvalue weighted by Gasteiger charge is 2.17. The van der Waals surface area contributed by atoms with Crippen LogP contribution >= 0.6 is 0 Å². The van der Waals surface area contributed by atoms with Gasteiger partial charge in [-0.3, -0.25) is 13.9 Å². The lowest BCUT2D eigenvalue weighted by molar-refractivity contribution is -0.131. The number of para-hydroxylation sites is 3. The van der Waals surface area contributed by atoms with Crippen LogP contribution in [0.2, 0.25) is 0 Å². The fourth-order valence-corrected chi connectivity index (χ4v) is 3.51. The molecule has 7 heteroatoms. The second-order valence-corrected chi connectivity index (χ2v) is 6.98. The molecule has 29 heavy (non-hydrogen) atoms. The molecule has 1 amide bonds. The Hall–Kier alpha value is -3.61. The average Bonchev–Trinajstić information content (AvgIpc) is 3.31. The number of imidazole rings is 1. The van der Waals surface area contributed by atoms with Gasteiger partial charge in [0.2, 0.25) is 5.91 Å². The molecule has 0 aliphatic heterocycles. The molecule has 0 atom stereocenters. The maximum Gasteiger partial charge on any atom is 0.329 e. The number of carbonyl (C=O) groups excluding carboxylic acids is 1. The summed E-state index contributed by atoms with van der Waals surface area (Å²) in [4.78, 5) is 27.2. The van der Waals surface area contributed by atoms with Crippen molar-refractivity contribution in [2.24, 2.45) is 0 Å². The number of nitrogens with zero attached hydrogens (tertiary/aromatic N) is 5. The molecule has 4 aromatic rings. The van der Waals surface area contributed by atoms with Gasteiger partial charge in [0.05, 0.1) is 22.9 Å². The van der Waals surface area contributed by atoms with E-state index in [1.54, 1.807) is 32.0 Å². The van der Waals surface area contributed by atoms with E-state index in [1.165, 1.54) is 0 Å². The highest BCUT2D eigenvalue weighted by Crippen LogP contribution is 2.14. The smallest absolute Gasteiger partial charge is 0.329 e. The third-order valence-corrected chi connectivity index (χ3v) is 5.04. The monoisotopic (exact) mass is 389 g/mol. The summed E-state index contributed by atoms with van der Waals surface area (Å²) in [5.41, 5.74) is 3.35. The number of rotatable bonds is 6. The second-order valence-electron chi connectivity index (χ2n) is 6.98. The van der Waals surface area contributed by atoms with E-state index in [9.17, 15) is 9.59 Å². The number of hydrogen-bond donors (Lipinski definition) is 0. The Bertz CT molecular complexity index is 1200. The first-order chi connectivity index (χ1) is 14.1. The van der Waals surface area contributed by atoms with E-state index >= 15 is 0 Å². The number of hydrogen-bond acceptors (Lipinski definition) is 3. The number of amides is 1. The number of aromatic nitrogens is 4. The minimum absolute atomic E-state index is 0.00959. The minimum atomic E-state index is -0.160. The molecule has 2 heterocycles. The summed E-state index contributed by atoms with van der Waals surface area (Å²) in [5.74, 6) is -0.126. The Labute approximate surface area is 168 Å². The van der Waals surface area contributed by atoms with Crippen LogP contribution in [0.3, 0.4) is 0 Å². The number of likely N-dealkylation sites (N-methyl/N-ethyl adjacent to an activating group) is 1. The molecule has 0 saturated carbocycles. The molecule has 0 unspecified atom stereocenters. The molecule has 7 nitrogen and oxygen atoms in total. The molecule has 0 radical (unpaired) electrons. The van der Waals surface area contributed by atoms with Crippen molar-refractivity contribution < 1.29 is 4.79 Å². The van der Waals surface area contributed by atoms with Crippen LogP contribution < -0.4 is 5.69 Å². The van der Waals surface area contributed by atoms with Gasteiger partial charge in [0.1, 0.15) is 6.54 Å². The highest BCUT2D eigenvalue weighted by atomic mass is 16.2. The summed E-state index contributed by atoms with van der Waals surface area (Å²) >= 11 is 0. The zero-order chi connectivity index (χ0) is 20.4. The molecule has 0 saturated heterocycles. The molecule has 4 rings (SSSR count). The van der Waals surface area contributed by atoms with Gasteiger partial charge in [-0.25, -0.2) is 9.48 Å². The molecule has 2 aromatic carbocycles. The summed E-state index contributed by atoms with van der Waals surface area (Å²) in [7, 11) is 1.74. The van der Waals surface area contributed by atoms with Crippen LogP contribution in [-0.2, 0) is 24.4 Å². The lowest BCUT2D eigenvalue weighted by Gasteiger charge is -2.16. The first-order valence-corrected chi connectivity index (χ1v) is 9.59. The van der Waals surface area contributed by atoms with E-state index in [0.717, 1.165) is 22.3 Å². The lowest BCUT2D eigenvalue weighted by Crippen LogP contribution is -2.34. The van der Waals surface area contributed by atoms with E-state index < -0.39 is 0 Å². The third kappa shape index (κ3) is 3.59. The number of carbonyl (C=O) groups is 1. The number of benzene rings is 2. The van der Waals surface area contributed by atoms with E-state index in [-0.39, 0.29) is 18.1 Å². The zero-order valence-electron chi connectivity index (χ0n) is 16.5. The van der Waals surface area contributed by atoms with Gasteiger partial charge in [0.15, 0.2) is 0 Å². The van der Waals surface area contributed by atoms with Gasteiger partial charge in [0, 0.05) is 31.9 Å². The molecule has 0 fully saturated rings. The lowest BCUT2D eigenvalue weighted by atomic mass is 10.3. The first kappa shape index (κ1) is 18.7. The Balaban J connectivity index is 1.51. The van der Waals surface area contributed by atoms with Crippen molar-refractivity contribution in [2.45, 2.75) is 26.6 Å². The van der Waals surface area contributed by atoms with Crippen LogP contribution in [0.4, 0.5) is 0 Å². The second kappa shape index (κ2) is 7.79. The Morgan fingerprint density at radius 1 is 1.00 bits per heavy atom. The fourth-order valence-electron chi connectivity index (χ4n) is 3.51. The van der Waals surface area contributed by atoms with Crippen LogP contribution in [0.1, 0.15) is 12.5 Å². The Morgan fingerprint density at radius 2 is 1.66 bits per heavy atom. The minimum Gasteiger partial charge on any atom is -0.340 e. The van der Waals surface area contributed by atoms with Crippen LogP contribution in [0.15, 0.2) is 71.8 Å². The summed E-state index contributed by atoms with van der Waals surface area (Å²) in [5, 5.41) is 4.37. The van der Waals surface area contributed by atoms with Gasteiger partial charge in [-0.15, -0.1) is 0 Å². The van der Waals surface area contributed by atoms with E-state index in [2.05, 4.69) is 5.10 Å². The zero-order valence-corrected chi connectivity index (χ0v) is 16.5. The summed E-state index contributed by atoms with van der Waals surface area (Å²) in [6.45, 7) is 2.92. The van der Waals surface area contributed by atoms with Crippen LogP contribution in [0, 0.1) is 0 Å².